The highest BCUT2D eigenvalue weighted by Crippen LogP contribution is 2.26. The van der Waals surface area contributed by atoms with Gasteiger partial charge in [-0.15, -0.1) is 0 Å². The van der Waals surface area contributed by atoms with Gasteiger partial charge >= 0.3 is 0 Å². The van der Waals surface area contributed by atoms with Gasteiger partial charge in [-0.3, -0.25) is 10.8 Å². The van der Waals surface area contributed by atoms with Crippen LogP contribution in [0.2, 0.25) is 5.22 Å². The SMILES string of the molecule is CCOc1cncc(C(NN)c2ccc(Cl)o2)c1. The molecule has 0 fully saturated rings. The summed E-state index contributed by atoms with van der Waals surface area (Å²) < 4.78 is 10.7. The van der Waals surface area contributed by atoms with Crippen molar-refractivity contribution < 1.29 is 9.15 Å². The lowest BCUT2D eigenvalue weighted by atomic mass is 10.1. The summed E-state index contributed by atoms with van der Waals surface area (Å²) in [6.45, 7) is 2.50. The number of pyridine rings is 1. The number of aromatic nitrogens is 1. The molecule has 0 aliphatic carbocycles. The second kappa shape index (κ2) is 5.86. The number of ether oxygens (including phenoxy) is 1. The van der Waals surface area contributed by atoms with E-state index in [2.05, 4.69) is 10.4 Å². The van der Waals surface area contributed by atoms with Gasteiger partial charge in [0, 0.05) is 6.20 Å². The molecule has 0 aromatic carbocycles. The van der Waals surface area contributed by atoms with Crippen LogP contribution in [0.4, 0.5) is 0 Å². The Morgan fingerprint density at radius 2 is 2.33 bits per heavy atom. The third-order valence-corrected chi connectivity index (χ3v) is 2.63. The third kappa shape index (κ3) is 2.81. The Hall–Kier alpha value is -1.56. The van der Waals surface area contributed by atoms with Crippen LogP contribution in [-0.4, -0.2) is 11.6 Å². The Morgan fingerprint density at radius 3 is 2.94 bits per heavy atom. The van der Waals surface area contributed by atoms with Crippen molar-refractivity contribution in [3.63, 3.8) is 0 Å². The molecule has 0 aliphatic rings. The number of hydrazine groups is 1. The van der Waals surface area contributed by atoms with Gasteiger partial charge in [0.2, 0.25) is 0 Å². The van der Waals surface area contributed by atoms with Gasteiger partial charge in [0.25, 0.3) is 0 Å². The molecule has 3 N–H and O–H groups in total. The van der Waals surface area contributed by atoms with Gasteiger partial charge in [-0.2, -0.15) is 0 Å². The predicted octanol–water partition coefficient (Wildman–Crippen LogP) is 2.28. The molecule has 2 rings (SSSR count). The van der Waals surface area contributed by atoms with Crippen molar-refractivity contribution in [1.82, 2.24) is 10.4 Å². The van der Waals surface area contributed by atoms with Gasteiger partial charge in [-0.1, -0.05) is 0 Å². The van der Waals surface area contributed by atoms with Crippen LogP contribution >= 0.6 is 11.6 Å². The van der Waals surface area contributed by atoms with Gasteiger partial charge < -0.3 is 9.15 Å². The molecular weight excluding hydrogens is 254 g/mol. The summed E-state index contributed by atoms with van der Waals surface area (Å²) in [6.07, 6.45) is 3.35. The summed E-state index contributed by atoms with van der Waals surface area (Å²) in [5, 5.41) is 0.319. The minimum absolute atomic E-state index is 0.314. The van der Waals surface area contributed by atoms with Gasteiger partial charge in [-0.25, -0.2) is 5.43 Å². The zero-order valence-corrected chi connectivity index (χ0v) is 10.6. The Kier molecular flexibility index (Phi) is 4.19. The lowest BCUT2D eigenvalue weighted by Crippen LogP contribution is -2.28. The fourth-order valence-electron chi connectivity index (χ4n) is 1.67. The Labute approximate surface area is 110 Å². The fourth-order valence-corrected chi connectivity index (χ4v) is 1.82. The van der Waals surface area contributed by atoms with E-state index in [4.69, 9.17) is 26.6 Å². The van der Waals surface area contributed by atoms with Crippen LogP contribution < -0.4 is 16.0 Å². The molecule has 1 atom stereocenters. The summed E-state index contributed by atoms with van der Waals surface area (Å²) in [6, 6.07) is 4.98. The lowest BCUT2D eigenvalue weighted by Gasteiger charge is -2.14. The van der Waals surface area contributed by atoms with E-state index in [1.54, 1.807) is 24.5 Å². The maximum atomic E-state index is 5.75. The first-order valence-electron chi connectivity index (χ1n) is 5.53. The first-order valence-corrected chi connectivity index (χ1v) is 5.91. The van der Waals surface area contributed by atoms with Crippen molar-refractivity contribution in [1.29, 1.82) is 0 Å². The molecule has 5 nitrogen and oxygen atoms in total. The number of furan rings is 1. The molecule has 0 saturated heterocycles. The van der Waals surface area contributed by atoms with Crippen molar-refractivity contribution in [3.05, 3.63) is 47.1 Å². The smallest absolute Gasteiger partial charge is 0.193 e. The van der Waals surface area contributed by atoms with Gasteiger partial charge in [0.15, 0.2) is 5.22 Å². The minimum atomic E-state index is -0.314. The van der Waals surface area contributed by atoms with Crippen LogP contribution in [0.15, 0.2) is 35.0 Å². The number of nitrogens with two attached hydrogens (primary N) is 1. The van der Waals surface area contributed by atoms with Crippen molar-refractivity contribution in [2.75, 3.05) is 6.61 Å². The number of hydrogen-bond donors (Lipinski definition) is 2. The Morgan fingerprint density at radius 1 is 1.50 bits per heavy atom. The monoisotopic (exact) mass is 267 g/mol. The maximum Gasteiger partial charge on any atom is 0.193 e. The van der Waals surface area contributed by atoms with E-state index in [0.717, 1.165) is 5.56 Å². The van der Waals surface area contributed by atoms with Crippen LogP contribution in [0.3, 0.4) is 0 Å². The van der Waals surface area contributed by atoms with Gasteiger partial charge in [0.1, 0.15) is 17.6 Å². The molecule has 2 aromatic heterocycles. The third-order valence-electron chi connectivity index (χ3n) is 2.42. The van der Waals surface area contributed by atoms with E-state index in [-0.39, 0.29) is 6.04 Å². The molecule has 6 heteroatoms. The highest BCUT2D eigenvalue weighted by atomic mass is 35.5. The van der Waals surface area contributed by atoms with E-state index < -0.39 is 0 Å². The Balaban J connectivity index is 2.29. The second-order valence-corrected chi connectivity index (χ2v) is 4.00. The van der Waals surface area contributed by atoms with Crippen LogP contribution in [-0.2, 0) is 0 Å². The molecular formula is C12H14ClN3O2. The predicted molar refractivity (Wildman–Crippen MR) is 68.3 cm³/mol. The average molecular weight is 268 g/mol. The molecule has 0 saturated carbocycles. The van der Waals surface area contributed by atoms with Crippen LogP contribution in [0.25, 0.3) is 0 Å². The lowest BCUT2D eigenvalue weighted by molar-refractivity contribution is 0.337. The summed E-state index contributed by atoms with van der Waals surface area (Å²) >= 11 is 5.75. The molecule has 0 aliphatic heterocycles. The number of hydrogen-bond acceptors (Lipinski definition) is 5. The second-order valence-electron chi connectivity index (χ2n) is 3.63. The van der Waals surface area contributed by atoms with Crippen LogP contribution in [0, 0.1) is 0 Å². The molecule has 1 unspecified atom stereocenters. The van der Waals surface area contributed by atoms with E-state index in [0.29, 0.717) is 23.3 Å². The summed E-state index contributed by atoms with van der Waals surface area (Å²) in [4.78, 5) is 4.11. The van der Waals surface area contributed by atoms with Crippen molar-refractivity contribution in [2.45, 2.75) is 13.0 Å². The highest BCUT2D eigenvalue weighted by Gasteiger charge is 2.17. The molecule has 96 valence electrons. The standard InChI is InChI=1S/C12H14ClN3O2/c1-2-17-9-5-8(6-15-7-9)12(16-14)10-3-4-11(13)18-10/h3-7,12,16H,2,14H2,1H3. The highest BCUT2D eigenvalue weighted by molar-refractivity contribution is 6.28. The van der Waals surface area contributed by atoms with E-state index in [9.17, 15) is 0 Å². The molecule has 2 aromatic rings. The largest absolute Gasteiger partial charge is 0.492 e. The quantitative estimate of drug-likeness (QED) is 0.642. The van der Waals surface area contributed by atoms with Crippen molar-refractivity contribution in [3.8, 4) is 5.75 Å². The Bertz CT molecular complexity index is 516. The number of nitrogens with zero attached hydrogens (tertiary/aromatic N) is 1. The first kappa shape index (κ1) is 12.9. The van der Waals surface area contributed by atoms with Crippen LogP contribution in [0.5, 0.6) is 5.75 Å². The molecule has 18 heavy (non-hydrogen) atoms. The summed E-state index contributed by atoms with van der Waals surface area (Å²) in [7, 11) is 0. The van der Waals surface area contributed by atoms with E-state index in [1.165, 1.54) is 0 Å². The maximum absolute atomic E-state index is 5.75. The van der Waals surface area contributed by atoms with Gasteiger partial charge in [-0.05, 0) is 42.3 Å². The van der Waals surface area contributed by atoms with Gasteiger partial charge in [0.05, 0.1) is 12.8 Å². The van der Waals surface area contributed by atoms with Crippen LogP contribution in [0.1, 0.15) is 24.3 Å². The zero-order chi connectivity index (χ0) is 13.0. The van der Waals surface area contributed by atoms with Crippen molar-refractivity contribution >= 4 is 11.6 Å². The zero-order valence-electron chi connectivity index (χ0n) is 9.89. The fraction of sp³-hybridized carbons (Fsp3) is 0.250. The summed E-state index contributed by atoms with van der Waals surface area (Å²) in [5.74, 6) is 6.86. The molecule has 2 heterocycles. The van der Waals surface area contributed by atoms with Crippen molar-refractivity contribution in [2.24, 2.45) is 5.84 Å². The molecule has 0 spiro atoms. The first-order chi connectivity index (χ1) is 8.74. The average Bonchev–Trinajstić information content (AvgIpc) is 2.78. The topological polar surface area (TPSA) is 73.3 Å². The van der Waals surface area contributed by atoms with E-state index >= 15 is 0 Å². The summed E-state index contributed by atoms with van der Waals surface area (Å²) in [5.41, 5.74) is 3.51. The minimum Gasteiger partial charge on any atom is -0.492 e. The normalized spacial score (nSPS) is 12.4. The van der Waals surface area contributed by atoms with E-state index in [1.807, 2.05) is 13.0 Å². The number of halogens is 1. The molecule has 0 bridgehead atoms. The number of rotatable bonds is 5. The molecule has 0 radical (unpaired) electrons. The molecule has 0 amide bonds. The number of nitrogens with one attached hydrogen (secondary N) is 1.